The standard InChI is InChI=1S/C16H15NO5S2/c1-2-7-22-11-5-3-10(4-6-11)8-13-14(19)17(16(23)24-13)12(9-18)15(20)21/h2-6,8,12,18H,1,7,9H2,(H,20,21)/p-1/b13-8-/t12-/m0/s1. The molecule has 1 atom stereocenters. The fraction of sp³-hybridized carbons (Fsp3) is 0.188. The molecular formula is C16H14NO5S2-. The van der Waals surface area contributed by atoms with E-state index in [1.807, 2.05) is 0 Å². The van der Waals surface area contributed by atoms with Crippen LogP contribution in [0, 0.1) is 0 Å². The highest BCUT2D eigenvalue weighted by Gasteiger charge is 2.37. The van der Waals surface area contributed by atoms with Crippen molar-refractivity contribution in [2.24, 2.45) is 0 Å². The molecule has 8 heteroatoms. The van der Waals surface area contributed by atoms with Gasteiger partial charge in [-0.1, -0.05) is 48.8 Å². The average molecular weight is 364 g/mol. The molecular weight excluding hydrogens is 350 g/mol. The highest BCUT2D eigenvalue weighted by Crippen LogP contribution is 2.34. The van der Waals surface area contributed by atoms with Crippen molar-refractivity contribution in [1.82, 2.24) is 4.90 Å². The van der Waals surface area contributed by atoms with Crippen molar-refractivity contribution in [1.29, 1.82) is 0 Å². The van der Waals surface area contributed by atoms with Gasteiger partial charge in [0.2, 0.25) is 0 Å². The molecule has 1 aromatic rings. The van der Waals surface area contributed by atoms with Crippen molar-refractivity contribution in [3.8, 4) is 5.75 Å². The first-order valence-electron chi connectivity index (χ1n) is 6.90. The van der Waals surface area contributed by atoms with Crippen molar-refractivity contribution < 1.29 is 24.5 Å². The van der Waals surface area contributed by atoms with Crippen LogP contribution in [0.2, 0.25) is 0 Å². The molecule has 1 heterocycles. The van der Waals surface area contributed by atoms with Gasteiger partial charge in [0.05, 0.1) is 17.5 Å². The first-order valence-corrected chi connectivity index (χ1v) is 8.13. The van der Waals surface area contributed by atoms with Gasteiger partial charge in [0.1, 0.15) is 22.7 Å². The van der Waals surface area contributed by atoms with Crippen LogP contribution in [0.1, 0.15) is 5.56 Å². The van der Waals surface area contributed by atoms with Gasteiger partial charge in [-0.15, -0.1) is 0 Å². The normalized spacial score (nSPS) is 17.2. The van der Waals surface area contributed by atoms with E-state index in [2.05, 4.69) is 6.58 Å². The summed E-state index contributed by atoms with van der Waals surface area (Å²) in [4.78, 5) is 24.5. The van der Waals surface area contributed by atoms with E-state index in [4.69, 9.17) is 22.1 Å². The van der Waals surface area contributed by atoms with Crippen LogP contribution in [-0.4, -0.2) is 45.5 Å². The average Bonchev–Trinajstić information content (AvgIpc) is 2.82. The molecule has 1 amide bonds. The summed E-state index contributed by atoms with van der Waals surface area (Å²) in [6.45, 7) is 3.19. The second kappa shape index (κ2) is 8.09. The summed E-state index contributed by atoms with van der Waals surface area (Å²) in [6.07, 6.45) is 3.23. The molecule has 0 unspecified atom stereocenters. The number of aliphatic carboxylic acids is 1. The summed E-state index contributed by atoms with van der Waals surface area (Å²) in [7, 11) is 0. The topological polar surface area (TPSA) is 89.9 Å². The minimum absolute atomic E-state index is 0.0698. The largest absolute Gasteiger partial charge is 0.548 e. The maximum Gasteiger partial charge on any atom is 0.266 e. The lowest BCUT2D eigenvalue weighted by atomic mass is 10.2. The predicted octanol–water partition coefficient (Wildman–Crippen LogP) is 0.563. The molecule has 2 rings (SSSR count). The molecule has 0 radical (unpaired) electrons. The summed E-state index contributed by atoms with van der Waals surface area (Å²) in [5, 5.41) is 20.2. The number of thiocarbonyl (C=S) groups is 1. The number of carbonyl (C=O) groups excluding carboxylic acids is 2. The van der Waals surface area contributed by atoms with Crippen LogP contribution in [0.3, 0.4) is 0 Å². The second-order valence-corrected chi connectivity index (χ2v) is 6.41. The Balaban J connectivity index is 2.19. The number of rotatable bonds is 7. The predicted molar refractivity (Wildman–Crippen MR) is 93.0 cm³/mol. The summed E-state index contributed by atoms with van der Waals surface area (Å²) >= 11 is 6.01. The molecule has 126 valence electrons. The number of ether oxygens (including phenoxy) is 1. The minimum Gasteiger partial charge on any atom is -0.548 e. The number of hydrogen-bond donors (Lipinski definition) is 1. The van der Waals surface area contributed by atoms with E-state index >= 15 is 0 Å². The third kappa shape index (κ3) is 4.02. The molecule has 1 saturated heterocycles. The van der Waals surface area contributed by atoms with Crippen LogP contribution >= 0.6 is 24.0 Å². The number of benzene rings is 1. The molecule has 1 aliphatic heterocycles. The van der Waals surface area contributed by atoms with Gasteiger partial charge in [-0.2, -0.15) is 0 Å². The van der Waals surface area contributed by atoms with Crippen LogP contribution in [-0.2, 0) is 9.59 Å². The molecule has 1 fully saturated rings. The molecule has 1 aromatic carbocycles. The number of carbonyl (C=O) groups is 2. The van der Waals surface area contributed by atoms with Gasteiger partial charge in [-0.05, 0) is 23.8 Å². The highest BCUT2D eigenvalue weighted by molar-refractivity contribution is 8.26. The summed E-state index contributed by atoms with van der Waals surface area (Å²) in [5.41, 5.74) is 0.732. The van der Waals surface area contributed by atoms with Crippen LogP contribution in [0.25, 0.3) is 6.08 Å². The van der Waals surface area contributed by atoms with Crippen LogP contribution in [0.5, 0.6) is 5.75 Å². The number of carboxylic acids is 1. The summed E-state index contributed by atoms with van der Waals surface area (Å²) in [6, 6.07) is 5.51. The van der Waals surface area contributed by atoms with E-state index in [9.17, 15) is 14.7 Å². The Morgan fingerprint density at radius 2 is 2.12 bits per heavy atom. The zero-order valence-electron chi connectivity index (χ0n) is 12.5. The number of thioether (sulfide) groups is 1. The Kier molecular flexibility index (Phi) is 6.13. The SMILES string of the molecule is C=CCOc1ccc(/C=C2\SC(=S)N([C@@H](CO)C(=O)[O-])C2=O)cc1. The van der Waals surface area contributed by atoms with Gasteiger partial charge in [0, 0.05) is 0 Å². The zero-order chi connectivity index (χ0) is 17.7. The smallest absolute Gasteiger partial charge is 0.266 e. The Labute approximate surface area is 148 Å². The first kappa shape index (κ1) is 18.2. The second-order valence-electron chi connectivity index (χ2n) is 4.74. The van der Waals surface area contributed by atoms with Crippen molar-refractivity contribution in [2.75, 3.05) is 13.2 Å². The molecule has 24 heavy (non-hydrogen) atoms. The number of carboxylic acid groups (broad SMARTS) is 1. The lowest BCUT2D eigenvalue weighted by Crippen LogP contribution is -2.51. The van der Waals surface area contributed by atoms with Crippen molar-refractivity contribution >= 4 is 46.3 Å². The van der Waals surface area contributed by atoms with E-state index in [1.54, 1.807) is 36.4 Å². The van der Waals surface area contributed by atoms with Gasteiger partial charge >= 0.3 is 0 Å². The molecule has 0 aliphatic carbocycles. The van der Waals surface area contributed by atoms with Crippen molar-refractivity contribution in [2.45, 2.75) is 6.04 Å². The first-order chi connectivity index (χ1) is 11.5. The number of aliphatic hydroxyl groups is 1. The van der Waals surface area contributed by atoms with Crippen molar-refractivity contribution in [3.63, 3.8) is 0 Å². The lowest BCUT2D eigenvalue weighted by Gasteiger charge is -2.25. The Morgan fingerprint density at radius 3 is 2.67 bits per heavy atom. The maximum atomic E-state index is 12.3. The third-order valence-corrected chi connectivity index (χ3v) is 4.46. The Bertz CT molecular complexity index is 699. The van der Waals surface area contributed by atoms with Crippen LogP contribution in [0.4, 0.5) is 0 Å². The van der Waals surface area contributed by atoms with E-state index in [0.717, 1.165) is 22.2 Å². The monoisotopic (exact) mass is 364 g/mol. The Hall–Kier alpha value is -2.16. The number of amides is 1. The fourth-order valence-corrected chi connectivity index (χ4v) is 3.33. The Morgan fingerprint density at radius 1 is 1.46 bits per heavy atom. The molecule has 0 bridgehead atoms. The quantitative estimate of drug-likeness (QED) is 0.430. The molecule has 0 aromatic heterocycles. The number of nitrogens with zero attached hydrogens (tertiary/aromatic N) is 1. The van der Waals surface area contributed by atoms with E-state index in [-0.39, 0.29) is 9.23 Å². The van der Waals surface area contributed by atoms with Crippen molar-refractivity contribution in [3.05, 3.63) is 47.4 Å². The molecule has 1 aliphatic rings. The number of hydrogen-bond acceptors (Lipinski definition) is 7. The number of aliphatic hydroxyl groups excluding tert-OH is 1. The van der Waals surface area contributed by atoms with Crippen LogP contribution in [0.15, 0.2) is 41.8 Å². The van der Waals surface area contributed by atoms with Gasteiger partial charge < -0.3 is 19.7 Å². The van der Waals surface area contributed by atoms with E-state index in [1.165, 1.54) is 0 Å². The minimum atomic E-state index is -1.56. The molecule has 0 saturated carbocycles. The fourth-order valence-electron chi connectivity index (χ4n) is 1.98. The van der Waals surface area contributed by atoms with Gasteiger partial charge in [0.15, 0.2) is 0 Å². The zero-order valence-corrected chi connectivity index (χ0v) is 14.1. The van der Waals surface area contributed by atoms with E-state index < -0.39 is 24.5 Å². The third-order valence-electron chi connectivity index (χ3n) is 3.13. The molecule has 0 spiro atoms. The summed E-state index contributed by atoms with van der Waals surface area (Å²) < 4.78 is 5.44. The summed E-state index contributed by atoms with van der Waals surface area (Å²) in [5.74, 6) is -1.46. The highest BCUT2D eigenvalue weighted by atomic mass is 32.2. The van der Waals surface area contributed by atoms with Gasteiger partial charge in [-0.25, -0.2) is 0 Å². The van der Waals surface area contributed by atoms with Gasteiger partial charge in [-0.3, -0.25) is 9.69 Å². The molecule has 6 nitrogen and oxygen atoms in total. The van der Waals surface area contributed by atoms with Gasteiger partial charge in [0.25, 0.3) is 5.91 Å². The maximum absolute atomic E-state index is 12.3. The lowest BCUT2D eigenvalue weighted by molar-refractivity contribution is -0.311. The van der Waals surface area contributed by atoms with Crippen LogP contribution < -0.4 is 9.84 Å². The molecule has 1 N–H and O–H groups in total. The van der Waals surface area contributed by atoms with E-state index in [0.29, 0.717) is 12.4 Å².